The molecule has 0 amide bonds. The largest absolute Gasteiger partial charge is 0.480 e. The van der Waals surface area contributed by atoms with Crippen molar-refractivity contribution in [3.05, 3.63) is 0 Å². The van der Waals surface area contributed by atoms with Crippen molar-refractivity contribution in [2.24, 2.45) is 11.8 Å². The molecular formula is C14H27NO2. The van der Waals surface area contributed by atoms with E-state index in [0.29, 0.717) is 12.0 Å². The van der Waals surface area contributed by atoms with E-state index in [4.69, 9.17) is 0 Å². The van der Waals surface area contributed by atoms with Crippen molar-refractivity contribution in [1.82, 2.24) is 4.90 Å². The Balaban J connectivity index is 2.78. The Morgan fingerprint density at radius 1 is 1.29 bits per heavy atom. The van der Waals surface area contributed by atoms with Crippen molar-refractivity contribution in [2.75, 3.05) is 6.54 Å². The van der Waals surface area contributed by atoms with E-state index in [2.05, 4.69) is 25.7 Å². The normalized spacial score (nSPS) is 30.6. The van der Waals surface area contributed by atoms with Gasteiger partial charge in [0.1, 0.15) is 5.54 Å². The van der Waals surface area contributed by atoms with Crippen LogP contribution in [-0.4, -0.2) is 34.1 Å². The van der Waals surface area contributed by atoms with Crippen LogP contribution < -0.4 is 0 Å². The van der Waals surface area contributed by atoms with Crippen LogP contribution in [0.25, 0.3) is 0 Å². The molecule has 0 heterocycles. The van der Waals surface area contributed by atoms with Crippen molar-refractivity contribution in [3.63, 3.8) is 0 Å². The fourth-order valence-corrected chi connectivity index (χ4v) is 3.03. The van der Waals surface area contributed by atoms with Gasteiger partial charge in [0.25, 0.3) is 0 Å². The van der Waals surface area contributed by atoms with Crippen LogP contribution in [0.3, 0.4) is 0 Å². The fourth-order valence-electron chi connectivity index (χ4n) is 3.03. The first-order chi connectivity index (χ1) is 7.80. The Labute approximate surface area is 105 Å². The minimum atomic E-state index is -0.750. The molecule has 0 spiro atoms. The molecule has 1 fully saturated rings. The molecule has 1 aliphatic rings. The molecule has 0 saturated heterocycles. The van der Waals surface area contributed by atoms with E-state index >= 15 is 0 Å². The molecule has 100 valence electrons. The number of hydrogen-bond acceptors (Lipinski definition) is 2. The molecule has 0 aromatic rings. The second kappa shape index (κ2) is 5.38. The topological polar surface area (TPSA) is 40.5 Å². The van der Waals surface area contributed by atoms with Crippen LogP contribution in [0.4, 0.5) is 0 Å². The number of nitrogens with zero attached hydrogens (tertiary/aromatic N) is 1. The van der Waals surface area contributed by atoms with E-state index in [1.165, 1.54) is 6.42 Å². The molecule has 17 heavy (non-hydrogen) atoms. The zero-order valence-electron chi connectivity index (χ0n) is 11.9. The van der Waals surface area contributed by atoms with Crippen molar-refractivity contribution < 1.29 is 9.90 Å². The molecule has 0 bridgehead atoms. The van der Waals surface area contributed by atoms with Crippen molar-refractivity contribution >= 4 is 5.97 Å². The Morgan fingerprint density at radius 3 is 2.29 bits per heavy atom. The van der Waals surface area contributed by atoms with Crippen LogP contribution in [0, 0.1) is 11.8 Å². The second-order valence-electron chi connectivity index (χ2n) is 6.07. The predicted octanol–water partition coefficient (Wildman–Crippen LogP) is 3.00. The van der Waals surface area contributed by atoms with Gasteiger partial charge in [-0.3, -0.25) is 9.69 Å². The summed E-state index contributed by atoms with van der Waals surface area (Å²) in [6, 6.07) is 0.428. The molecule has 1 saturated carbocycles. The van der Waals surface area contributed by atoms with Gasteiger partial charge in [0.2, 0.25) is 0 Å². The third-order valence-corrected chi connectivity index (χ3v) is 4.59. The summed E-state index contributed by atoms with van der Waals surface area (Å²) in [4.78, 5) is 13.5. The van der Waals surface area contributed by atoms with E-state index in [-0.39, 0.29) is 0 Å². The SMILES string of the molecule is CCN(C1CCC(C)C(C)C1)C(C)(C)C(=O)O. The van der Waals surface area contributed by atoms with E-state index < -0.39 is 11.5 Å². The van der Waals surface area contributed by atoms with Gasteiger partial charge in [-0.2, -0.15) is 0 Å². The van der Waals surface area contributed by atoms with Gasteiger partial charge in [0.05, 0.1) is 0 Å². The predicted molar refractivity (Wildman–Crippen MR) is 70.1 cm³/mol. The molecule has 3 heteroatoms. The fraction of sp³-hybridized carbons (Fsp3) is 0.929. The first-order valence-electron chi connectivity index (χ1n) is 6.80. The van der Waals surface area contributed by atoms with Crippen LogP contribution in [-0.2, 0) is 4.79 Å². The first kappa shape index (κ1) is 14.5. The highest BCUT2D eigenvalue weighted by Crippen LogP contribution is 2.34. The number of aliphatic carboxylic acids is 1. The second-order valence-corrected chi connectivity index (χ2v) is 6.07. The lowest BCUT2D eigenvalue weighted by atomic mass is 9.77. The van der Waals surface area contributed by atoms with Crippen LogP contribution in [0.2, 0.25) is 0 Å². The van der Waals surface area contributed by atoms with Crippen LogP contribution in [0.5, 0.6) is 0 Å². The molecule has 0 aliphatic heterocycles. The standard InChI is InChI=1S/C14H27NO2/c1-6-15(14(4,5)13(16)17)12-8-7-10(2)11(3)9-12/h10-12H,6-9H2,1-5H3,(H,16,17). The zero-order chi connectivity index (χ0) is 13.2. The third-order valence-electron chi connectivity index (χ3n) is 4.59. The number of rotatable bonds is 4. The Kier molecular flexibility index (Phi) is 4.59. The Hall–Kier alpha value is -0.570. The van der Waals surface area contributed by atoms with Crippen molar-refractivity contribution in [1.29, 1.82) is 0 Å². The number of likely N-dealkylation sites (N-methyl/N-ethyl adjacent to an activating group) is 1. The highest BCUT2D eigenvalue weighted by Gasteiger charge is 2.39. The number of carbonyl (C=O) groups is 1. The summed E-state index contributed by atoms with van der Waals surface area (Å²) in [6.45, 7) is 11.1. The van der Waals surface area contributed by atoms with Gasteiger partial charge in [0.15, 0.2) is 0 Å². The van der Waals surface area contributed by atoms with Gasteiger partial charge in [-0.05, 0) is 51.5 Å². The lowest BCUT2D eigenvalue weighted by molar-refractivity contribution is -0.151. The first-order valence-corrected chi connectivity index (χ1v) is 6.80. The number of hydrogen-bond donors (Lipinski definition) is 1. The molecule has 0 aromatic heterocycles. The average molecular weight is 241 g/mol. The van der Waals surface area contributed by atoms with Gasteiger partial charge >= 0.3 is 5.97 Å². The third kappa shape index (κ3) is 3.01. The maximum atomic E-state index is 11.4. The molecule has 3 nitrogen and oxygen atoms in total. The monoisotopic (exact) mass is 241 g/mol. The highest BCUT2D eigenvalue weighted by molar-refractivity contribution is 5.77. The van der Waals surface area contributed by atoms with Gasteiger partial charge in [-0.25, -0.2) is 0 Å². The van der Waals surface area contributed by atoms with Crippen molar-refractivity contribution in [2.45, 2.75) is 65.5 Å². The van der Waals surface area contributed by atoms with Gasteiger partial charge in [0, 0.05) is 6.04 Å². The lowest BCUT2D eigenvalue weighted by Gasteiger charge is -2.44. The van der Waals surface area contributed by atoms with Crippen LogP contribution >= 0.6 is 0 Å². The summed E-state index contributed by atoms with van der Waals surface area (Å²) in [5.74, 6) is 0.760. The maximum Gasteiger partial charge on any atom is 0.323 e. The average Bonchev–Trinajstić information content (AvgIpc) is 2.23. The lowest BCUT2D eigenvalue weighted by Crippen LogP contribution is -2.56. The summed E-state index contributed by atoms with van der Waals surface area (Å²) in [7, 11) is 0. The summed E-state index contributed by atoms with van der Waals surface area (Å²) in [6.07, 6.45) is 3.49. The van der Waals surface area contributed by atoms with Gasteiger partial charge < -0.3 is 5.11 Å². The summed E-state index contributed by atoms with van der Waals surface area (Å²) in [5, 5.41) is 9.35. The van der Waals surface area contributed by atoms with Crippen LogP contribution in [0.1, 0.15) is 53.9 Å². The molecule has 3 atom stereocenters. The van der Waals surface area contributed by atoms with E-state index in [1.54, 1.807) is 0 Å². The van der Waals surface area contributed by atoms with Gasteiger partial charge in [-0.15, -0.1) is 0 Å². The molecule has 3 unspecified atom stereocenters. The molecule has 0 aromatic carbocycles. The zero-order valence-corrected chi connectivity index (χ0v) is 11.9. The quantitative estimate of drug-likeness (QED) is 0.822. The van der Waals surface area contributed by atoms with Crippen LogP contribution in [0.15, 0.2) is 0 Å². The molecule has 0 radical (unpaired) electrons. The summed E-state index contributed by atoms with van der Waals surface area (Å²) in [5.41, 5.74) is -0.750. The summed E-state index contributed by atoms with van der Waals surface area (Å²) >= 11 is 0. The van der Waals surface area contributed by atoms with E-state index in [0.717, 1.165) is 25.3 Å². The Morgan fingerprint density at radius 2 is 1.88 bits per heavy atom. The van der Waals surface area contributed by atoms with Gasteiger partial charge in [-0.1, -0.05) is 20.8 Å². The van der Waals surface area contributed by atoms with E-state index in [1.807, 2.05) is 13.8 Å². The smallest absolute Gasteiger partial charge is 0.323 e. The highest BCUT2D eigenvalue weighted by atomic mass is 16.4. The summed E-state index contributed by atoms with van der Waals surface area (Å²) < 4.78 is 0. The van der Waals surface area contributed by atoms with Crippen molar-refractivity contribution in [3.8, 4) is 0 Å². The number of carboxylic acid groups (broad SMARTS) is 1. The molecule has 1 N–H and O–H groups in total. The maximum absolute atomic E-state index is 11.4. The Bertz CT molecular complexity index is 275. The van der Waals surface area contributed by atoms with E-state index in [9.17, 15) is 9.90 Å². The minimum absolute atomic E-state index is 0.428. The minimum Gasteiger partial charge on any atom is -0.480 e. The number of carboxylic acids is 1. The molecule has 1 rings (SSSR count). The molecular weight excluding hydrogens is 214 g/mol. The molecule has 1 aliphatic carbocycles.